The van der Waals surface area contributed by atoms with E-state index in [1.807, 2.05) is 13.8 Å². The average Bonchev–Trinajstić information content (AvgIpc) is 3.06. The van der Waals surface area contributed by atoms with Crippen LogP contribution in [0.4, 0.5) is 0 Å². The summed E-state index contributed by atoms with van der Waals surface area (Å²) >= 11 is 0. The van der Waals surface area contributed by atoms with Crippen LogP contribution in [0.1, 0.15) is 41.3 Å². The zero-order valence-electron chi connectivity index (χ0n) is 11.8. The molecule has 2 aromatic heterocycles. The van der Waals surface area contributed by atoms with Crippen molar-refractivity contribution in [2.75, 3.05) is 6.54 Å². The Morgan fingerprint density at radius 3 is 3.05 bits per heavy atom. The second-order valence-electron chi connectivity index (χ2n) is 4.68. The number of rotatable bonds is 6. The summed E-state index contributed by atoms with van der Waals surface area (Å²) in [4.78, 5) is 19.3. The van der Waals surface area contributed by atoms with E-state index in [0.29, 0.717) is 12.1 Å². The van der Waals surface area contributed by atoms with Gasteiger partial charge in [0.2, 0.25) is 0 Å². The number of carbonyl (C=O) groups excluding carboxylic acids is 1. The van der Waals surface area contributed by atoms with Gasteiger partial charge >= 0.3 is 0 Å². The van der Waals surface area contributed by atoms with Crippen LogP contribution in [0.15, 0.2) is 18.6 Å². The maximum atomic E-state index is 12.2. The van der Waals surface area contributed by atoms with Crippen molar-refractivity contribution in [2.24, 2.45) is 5.73 Å². The largest absolute Gasteiger partial charge is 0.347 e. The number of amides is 1. The van der Waals surface area contributed by atoms with E-state index in [1.165, 1.54) is 0 Å². The Hall–Kier alpha value is -2.15. The third-order valence-corrected chi connectivity index (χ3v) is 3.20. The molecule has 1 unspecified atom stereocenters. The lowest BCUT2D eigenvalue weighted by atomic mass is 10.2. The van der Waals surface area contributed by atoms with E-state index in [1.54, 1.807) is 23.3 Å². The molecule has 1 amide bonds. The Morgan fingerprint density at radius 2 is 2.40 bits per heavy atom. The molecule has 108 valence electrons. The van der Waals surface area contributed by atoms with Crippen LogP contribution in [0.5, 0.6) is 0 Å². The van der Waals surface area contributed by atoms with Gasteiger partial charge in [0.1, 0.15) is 5.82 Å². The number of imidazole rings is 1. The number of hydrogen-bond acceptors (Lipinski definition) is 4. The lowest BCUT2D eigenvalue weighted by Crippen LogP contribution is -2.27. The number of carbonyl (C=O) groups is 1. The minimum Gasteiger partial charge on any atom is -0.347 e. The summed E-state index contributed by atoms with van der Waals surface area (Å²) in [7, 11) is 0. The van der Waals surface area contributed by atoms with E-state index in [9.17, 15) is 4.79 Å². The minimum atomic E-state index is -0.177. The van der Waals surface area contributed by atoms with Crippen LogP contribution < -0.4 is 11.1 Å². The van der Waals surface area contributed by atoms with Crippen LogP contribution in [0.3, 0.4) is 0 Å². The summed E-state index contributed by atoms with van der Waals surface area (Å²) < 4.78 is 1.80. The van der Waals surface area contributed by atoms with Crippen molar-refractivity contribution in [3.63, 3.8) is 0 Å². The lowest BCUT2D eigenvalue weighted by molar-refractivity contribution is 0.0937. The van der Waals surface area contributed by atoms with Crippen LogP contribution >= 0.6 is 0 Å². The summed E-state index contributed by atoms with van der Waals surface area (Å²) in [6.07, 6.45) is 5.82. The molecule has 2 heterocycles. The predicted octanol–water partition coefficient (Wildman–Crippen LogP) is 0.754. The van der Waals surface area contributed by atoms with Crippen LogP contribution in [0, 0.1) is 6.92 Å². The zero-order chi connectivity index (χ0) is 14.5. The molecule has 0 bridgehead atoms. The summed E-state index contributed by atoms with van der Waals surface area (Å²) in [5.41, 5.74) is 6.92. The molecule has 0 saturated heterocycles. The molecule has 0 spiro atoms. The summed E-state index contributed by atoms with van der Waals surface area (Å²) in [5, 5.41) is 7.12. The van der Waals surface area contributed by atoms with Crippen LogP contribution in [0.2, 0.25) is 0 Å². The fourth-order valence-corrected chi connectivity index (χ4v) is 1.99. The normalized spacial score (nSPS) is 12.3. The fourth-order valence-electron chi connectivity index (χ4n) is 1.99. The Bertz CT molecular complexity index is 559. The highest BCUT2D eigenvalue weighted by Crippen LogP contribution is 2.11. The third-order valence-electron chi connectivity index (χ3n) is 3.20. The number of aromatic nitrogens is 4. The zero-order valence-corrected chi connectivity index (χ0v) is 11.8. The highest BCUT2D eigenvalue weighted by atomic mass is 16.1. The van der Waals surface area contributed by atoms with E-state index in [2.05, 4.69) is 20.4 Å². The van der Waals surface area contributed by atoms with Crippen molar-refractivity contribution in [1.82, 2.24) is 25.1 Å². The van der Waals surface area contributed by atoms with E-state index in [4.69, 9.17) is 5.73 Å². The van der Waals surface area contributed by atoms with Gasteiger partial charge in [-0.1, -0.05) is 0 Å². The molecule has 7 heteroatoms. The molecular weight excluding hydrogens is 256 g/mol. The van der Waals surface area contributed by atoms with Crippen molar-refractivity contribution in [3.8, 4) is 0 Å². The summed E-state index contributed by atoms with van der Waals surface area (Å²) in [6.45, 7) is 5.10. The summed E-state index contributed by atoms with van der Waals surface area (Å²) in [5.74, 6) is 0.580. The van der Waals surface area contributed by atoms with Gasteiger partial charge in [-0.05, 0) is 26.8 Å². The highest BCUT2D eigenvalue weighted by molar-refractivity contribution is 5.95. The first-order valence-electron chi connectivity index (χ1n) is 6.66. The van der Waals surface area contributed by atoms with E-state index in [-0.39, 0.29) is 11.9 Å². The Kier molecular flexibility index (Phi) is 4.52. The number of aryl methyl sites for hydroxylation is 1. The minimum absolute atomic E-state index is 0.148. The molecular formula is C13H20N6O. The Labute approximate surface area is 117 Å². The van der Waals surface area contributed by atoms with Crippen molar-refractivity contribution in [1.29, 1.82) is 0 Å². The number of nitrogens with one attached hydrogen (secondary N) is 2. The number of aromatic amines is 1. The molecule has 7 nitrogen and oxygen atoms in total. The van der Waals surface area contributed by atoms with E-state index < -0.39 is 0 Å². The predicted molar refractivity (Wildman–Crippen MR) is 75.1 cm³/mol. The van der Waals surface area contributed by atoms with Crippen molar-refractivity contribution >= 4 is 5.91 Å². The van der Waals surface area contributed by atoms with Crippen molar-refractivity contribution < 1.29 is 4.79 Å². The molecule has 0 fully saturated rings. The third kappa shape index (κ3) is 3.05. The highest BCUT2D eigenvalue weighted by Gasteiger charge is 2.17. The van der Waals surface area contributed by atoms with Gasteiger partial charge in [0.25, 0.3) is 5.91 Å². The molecule has 0 aliphatic rings. The van der Waals surface area contributed by atoms with Crippen LogP contribution in [0.25, 0.3) is 0 Å². The first kappa shape index (κ1) is 14.3. The van der Waals surface area contributed by atoms with Gasteiger partial charge < -0.3 is 16.0 Å². The maximum Gasteiger partial charge on any atom is 0.255 e. The van der Waals surface area contributed by atoms with Gasteiger partial charge in [0, 0.05) is 24.6 Å². The molecule has 0 aromatic carbocycles. The molecule has 2 aromatic rings. The number of hydrogen-bond donors (Lipinski definition) is 3. The van der Waals surface area contributed by atoms with Gasteiger partial charge in [0.15, 0.2) is 0 Å². The molecule has 1 atom stereocenters. The fraction of sp³-hybridized carbons (Fsp3) is 0.462. The lowest BCUT2D eigenvalue weighted by Gasteiger charge is -2.11. The first-order valence-corrected chi connectivity index (χ1v) is 6.66. The van der Waals surface area contributed by atoms with E-state index in [0.717, 1.165) is 24.5 Å². The summed E-state index contributed by atoms with van der Waals surface area (Å²) in [6, 6.07) is -0.177. The first-order chi connectivity index (χ1) is 9.63. The Morgan fingerprint density at radius 1 is 1.60 bits per heavy atom. The molecule has 2 rings (SSSR count). The van der Waals surface area contributed by atoms with Gasteiger partial charge in [-0.25, -0.2) is 4.98 Å². The molecule has 0 saturated carbocycles. The number of nitrogens with two attached hydrogens (primary N) is 1. The molecule has 0 aliphatic heterocycles. The average molecular weight is 276 g/mol. The van der Waals surface area contributed by atoms with Crippen molar-refractivity contribution in [2.45, 2.75) is 32.9 Å². The smallest absolute Gasteiger partial charge is 0.255 e. The quantitative estimate of drug-likeness (QED) is 0.724. The van der Waals surface area contributed by atoms with Crippen LogP contribution in [-0.2, 0) is 6.54 Å². The number of H-pyrrole nitrogens is 1. The van der Waals surface area contributed by atoms with E-state index >= 15 is 0 Å². The van der Waals surface area contributed by atoms with Crippen LogP contribution in [-0.4, -0.2) is 32.2 Å². The second-order valence-corrected chi connectivity index (χ2v) is 4.68. The molecule has 0 radical (unpaired) electrons. The van der Waals surface area contributed by atoms with Gasteiger partial charge in [0.05, 0.1) is 17.8 Å². The Balaban J connectivity index is 2.04. The monoisotopic (exact) mass is 276 g/mol. The molecule has 20 heavy (non-hydrogen) atoms. The second kappa shape index (κ2) is 6.33. The molecule has 4 N–H and O–H groups in total. The topological polar surface area (TPSA) is 102 Å². The SMILES string of the molecule is Cc1c(C(=O)NC(C)c2ncc[nH]2)cnn1CCCN. The van der Waals surface area contributed by atoms with Gasteiger partial charge in [-0.2, -0.15) is 5.10 Å². The molecule has 0 aliphatic carbocycles. The van der Waals surface area contributed by atoms with Crippen molar-refractivity contribution in [3.05, 3.63) is 35.7 Å². The van der Waals surface area contributed by atoms with Gasteiger partial charge in [-0.3, -0.25) is 9.48 Å². The number of nitrogens with zero attached hydrogens (tertiary/aromatic N) is 3. The standard InChI is InChI=1S/C13H20N6O/c1-9(12-15-5-6-16-12)18-13(20)11-8-17-19(10(11)2)7-3-4-14/h5-6,8-9H,3-4,7,14H2,1-2H3,(H,15,16)(H,18,20). The van der Waals surface area contributed by atoms with Gasteiger partial charge in [-0.15, -0.1) is 0 Å². The maximum absolute atomic E-state index is 12.2.